The van der Waals surface area contributed by atoms with E-state index in [2.05, 4.69) is 4.98 Å². The van der Waals surface area contributed by atoms with E-state index in [9.17, 15) is 18.3 Å². The number of sulfone groups is 1. The van der Waals surface area contributed by atoms with Crippen molar-refractivity contribution in [2.45, 2.75) is 53.3 Å². The van der Waals surface area contributed by atoms with Crippen LogP contribution in [0.5, 0.6) is 0 Å². The van der Waals surface area contributed by atoms with Gasteiger partial charge in [-0.3, -0.25) is 4.79 Å². The van der Waals surface area contributed by atoms with Gasteiger partial charge in [-0.1, -0.05) is 23.4 Å². The summed E-state index contributed by atoms with van der Waals surface area (Å²) < 4.78 is 27.3. The molecule has 4 rings (SSSR count). The molecule has 0 saturated carbocycles. The number of aromatic nitrogens is 2. The predicted octanol–water partition coefficient (Wildman–Crippen LogP) is 4.90. The molecule has 30 heavy (non-hydrogen) atoms. The minimum Gasteiger partial charge on any atom is -0.481 e. The van der Waals surface area contributed by atoms with Crippen molar-refractivity contribution >= 4 is 50.2 Å². The number of carboxylic acids is 1. The summed E-state index contributed by atoms with van der Waals surface area (Å²) in [4.78, 5) is 18.1. The maximum Gasteiger partial charge on any atom is 0.304 e. The molecule has 1 aliphatic rings. The van der Waals surface area contributed by atoms with Crippen LogP contribution in [0.15, 0.2) is 45.0 Å². The van der Waals surface area contributed by atoms with Crippen LogP contribution in [0.2, 0.25) is 5.02 Å². The summed E-state index contributed by atoms with van der Waals surface area (Å²) in [6.07, 6.45) is 2.76. The van der Waals surface area contributed by atoms with Gasteiger partial charge in [0, 0.05) is 44.9 Å². The first kappa shape index (κ1) is 21.2. The van der Waals surface area contributed by atoms with Crippen LogP contribution < -0.4 is 0 Å². The number of rotatable bonds is 5. The molecule has 0 saturated heterocycles. The van der Waals surface area contributed by atoms with Crippen LogP contribution in [-0.2, 0) is 21.2 Å². The summed E-state index contributed by atoms with van der Waals surface area (Å²) in [6.45, 7) is 2.46. The lowest BCUT2D eigenvalue weighted by molar-refractivity contribution is -0.137. The predicted molar refractivity (Wildman–Crippen MR) is 117 cm³/mol. The molecule has 0 spiro atoms. The number of benzene rings is 1. The summed E-state index contributed by atoms with van der Waals surface area (Å²) in [5.41, 5.74) is 2.09. The van der Waals surface area contributed by atoms with E-state index in [0.29, 0.717) is 28.3 Å². The maximum absolute atomic E-state index is 12.7. The Balaban J connectivity index is 2.05. The van der Waals surface area contributed by atoms with Crippen LogP contribution in [0, 0.1) is 6.92 Å². The first-order valence-corrected chi connectivity index (χ1v) is 12.6. The Morgan fingerprint density at radius 2 is 2.03 bits per heavy atom. The first-order valence-electron chi connectivity index (χ1n) is 9.54. The lowest BCUT2D eigenvalue weighted by Gasteiger charge is -2.25. The van der Waals surface area contributed by atoms with E-state index in [1.165, 1.54) is 18.0 Å². The van der Waals surface area contributed by atoms with Gasteiger partial charge in [0.1, 0.15) is 5.65 Å². The summed E-state index contributed by atoms with van der Waals surface area (Å²) in [5.74, 6) is -1.07. The number of carboxylic acid groups (broad SMARTS) is 1. The first-order chi connectivity index (χ1) is 14.1. The molecule has 2 aromatic heterocycles. The second kappa shape index (κ2) is 7.90. The Bertz CT molecular complexity index is 1250. The lowest BCUT2D eigenvalue weighted by Crippen LogP contribution is -2.18. The van der Waals surface area contributed by atoms with Gasteiger partial charge in [-0.2, -0.15) is 0 Å². The van der Waals surface area contributed by atoms with Gasteiger partial charge in [-0.05, 0) is 50.1 Å². The quantitative estimate of drug-likeness (QED) is 0.577. The molecule has 1 unspecified atom stereocenters. The standard InChI is InChI=1S/C21H21ClN2O4S2/c1-12-10-16(30(2,27)28)18-20(29-15-7-5-14(22)6-8-15)19-13(11-17(25)26)4-3-9-24(19)21(18)23-12/h5-8,10,13H,3-4,9,11H2,1-2H3,(H,25,26). The average molecular weight is 465 g/mol. The third-order valence-corrected chi connectivity index (χ3v) is 7.77. The van der Waals surface area contributed by atoms with Crippen molar-refractivity contribution in [2.24, 2.45) is 0 Å². The van der Waals surface area contributed by atoms with Gasteiger partial charge in [-0.25, -0.2) is 13.4 Å². The highest BCUT2D eigenvalue weighted by Gasteiger charge is 2.32. The van der Waals surface area contributed by atoms with Crippen LogP contribution >= 0.6 is 23.4 Å². The van der Waals surface area contributed by atoms with Gasteiger partial charge in [-0.15, -0.1) is 0 Å². The van der Waals surface area contributed by atoms with Crippen LogP contribution in [-0.4, -0.2) is 35.3 Å². The van der Waals surface area contributed by atoms with Gasteiger partial charge in [0.2, 0.25) is 0 Å². The molecule has 3 aromatic rings. The highest BCUT2D eigenvalue weighted by atomic mass is 35.5. The smallest absolute Gasteiger partial charge is 0.304 e. The normalized spacial score (nSPS) is 16.6. The van der Waals surface area contributed by atoms with Crippen molar-refractivity contribution in [3.63, 3.8) is 0 Å². The molecular formula is C21H21ClN2O4S2. The zero-order valence-electron chi connectivity index (χ0n) is 16.6. The number of hydrogen-bond acceptors (Lipinski definition) is 5. The molecule has 1 atom stereocenters. The molecule has 158 valence electrons. The molecule has 3 heterocycles. The molecule has 0 fully saturated rings. The number of fused-ring (bicyclic) bond motifs is 3. The number of carbonyl (C=O) groups is 1. The fourth-order valence-electron chi connectivity index (χ4n) is 4.09. The minimum absolute atomic E-state index is 0.00229. The molecule has 0 aliphatic carbocycles. The molecule has 9 heteroatoms. The van der Waals surface area contributed by atoms with Gasteiger partial charge in [0.25, 0.3) is 0 Å². The van der Waals surface area contributed by atoms with Crippen LogP contribution in [0.4, 0.5) is 0 Å². The molecule has 1 aromatic carbocycles. The van der Waals surface area contributed by atoms with E-state index in [0.717, 1.165) is 28.3 Å². The van der Waals surface area contributed by atoms with Gasteiger partial charge in [0.15, 0.2) is 9.84 Å². The molecule has 0 radical (unpaired) electrons. The Hall–Kier alpha value is -2.03. The number of hydrogen-bond donors (Lipinski definition) is 1. The molecule has 6 nitrogen and oxygen atoms in total. The van der Waals surface area contributed by atoms with E-state index in [-0.39, 0.29) is 17.2 Å². The van der Waals surface area contributed by atoms with Gasteiger partial charge < -0.3 is 9.67 Å². The topological polar surface area (TPSA) is 89.3 Å². The molecule has 1 N–H and O–H groups in total. The lowest BCUT2D eigenvalue weighted by atomic mass is 9.93. The summed E-state index contributed by atoms with van der Waals surface area (Å²) in [5, 5.41) is 10.7. The number of pyridine rings is 1. The SMILES string of the molecule is Cc1cc(S(C)(=O)=O)c2c(Sc3ccc(Cl)cc3)c3n(c2n1)CCCC3CC(=O)O. The molecule has 0 amide bonds. The number of aryl methyl sites for hydroxylation is 2. The zero-order chi connectivity index (χ0) is 21.6. The van der Waals surface area contributed by atoms with Gasteiger partial charge >= 0.3 is 5.97 Å². The van der Waals surface area contributed by atoms with E-state index in [4.69, 9.17) is 11.6 Å². The van der Waals surface area contributed by atoms with Crippen molar-refractivity contribution in [1.82, 2.24) is 9.55 Å². The Morgan fingerprint density at radius 1 is 1.33 bits per heavy atom. The second-order valence-electron chi connectivity index (χ2n) is 7.59. The highest BCUT2D eigenvalue weighted by Crippen LogP contribution is 2.47. The van der Waals surface area contributed by atoms with E-state index >= 15 is 0 Å². The average Bonchev–Trinajstić information content (AvgIpc) is 2.96. The monoisotopic (exact) mass is 464 g/mol. The van der Waals surface area contributed by atoms with Crippen LogP contribution in [0.25, 0.3) is 11.0 Å². The third-order valence-electron chi connectivity index (χ3n) is 5.27. The number of nitrogens with zero attached hydrogens (tertiary/aromatic N) is 2. The fourth-order valence-corrected chi connectivity index (χ4v) is 6.42. The summed E-state index contributed by atoms with van der Waals surface area (Å²) >= 11 is 7.46. The Kier molecular flexibility index (Phi) is 5.59. The van der Waals surface area contributed by atoms with Crippen molar-refractivity contribution in [1.29, 1.82) is 0 Å². The fraction of sp³-hybridized carbons (Fsp3) is 0.333. The van der Waals surface area contributed by atoms with Crippen molar-refractivity contribution in [3.8, 4) is 0 Å². The van der Waals surface area contributed by atoms with E-state index in [1.807, 2.05) is 16.7 Å². The maximum atomic E-state index is 12.7. The minimum atomic E-state index is -3.52. The van der Waals surface area contributed by atoms with Crippen molar-refractivity contribution in [2.75, 3.05) is 6.26 Å². The zero-order valence-corrected chi connectivity index (χ0v) is 18.9. The number of halogens is 1. The van der Waals surface area contributed by atoms with Crippen LogP contribution in [0.3, 0.4) is 0 Å². The Labute approximate surface area is 184 Å². The Morgan fingerprint density at radius 3 is 2.67 bits per heavy atom. The molecule has 1 aliphatic heterocycles. The number of aliphatic carboxylic acids is 1. The largest absolute Gasteiger partial charge is 0.481 e. The third kappa shape index (κ3) is 3.96. The van der Waals surface area contributed by atoms with Crippen molar-refractivity contribution in [3.05, 3.63) is 46.7 Å². The van der Waals surface area contributed by atoms with Gasteiger partial charge in [0.05, 0.1) is 16.7 Å². The van der Waals surface area contributed by atoms with E-state index in [1.54, 1.807) is 25.1 Å². The second-order valence-corrected chi connectivity index (χ2v) is 11.1. The summed E-state index contributed by atoms with van der Waals surface area (Å²) in [6, 6.07) is 8.91. The van der Waals surface area contributed by atoms with Crippen LogP contribution in [0.1, 0.15) is 36.6 Å². The molecule has 0 bridgehead atoms. The van der Waals surface area contributed by atoms with Crippen molar-refractivity contribution < 1.29 is 18.3 Å². The highest BCUT2D eigenvalue weighted by molar-refractivity contribution is 7.99. The van der Waals surface area contributed by atoms with E-state index < -0.39 is 15.8 Å². The summed E-state index contributed by atoms with van der Waals surface area (Å²) in [7, 11) is -3.52. The molecular weight excluding hydrogens is 444 g/mol.